The lowest BCUT2D eigenvalue weighted by atomic mass is 10.1. The molecule has 1 fully saturated rings. The van der Waals surface area contributed by atoms with Crippen LogP contribution in [-0.2, 0) is 36.2 Å². The number of hydrogen-bond acceptors (Lipinski definition) is 10. The van der Waals surface area contributed by atoms with Gasteiger partial charge in [-0.1, -0.05) is 31.9 Å². The van der Waals surface area contributed by atoms with E-state index in [1.165, 1.54) is 44.7 Å². The molecule has 15 heteroatoms. The first-order chi connectivity index (χ1) is 20.7. The molecule has 14 nitrogen and oxygen atoms in total. The molecule has 0 radical (unpaired) electrons. The van der Waals surface area contributed by atoms with Crippen LogP contribution >= 0.6 is 0 Å². The van der Waals surface area contributed by atoms with Gasteiger partial charge >= 0.3 is 6.09 Å². The lowest BCUT2D eigenvalue weighted by Gasteiger charge is -2.26. The minimum atomic E-state index is -4.34. The van der Waals surface area contributed by atoms with Crippen molar-refractivity contribution in [3.8, 4) is 5.75 Å². The highest BCUT2D eigenvalue weighted by Crippen LogP contribution is 2.34. The summed E-state index contributed by atoms with van der Waals surface area (Å²) in [5.74, 6) is -2.80. The van der Waals surface area contributed by atoms with Gasteiger partial charge in [-0.15, -0.1) is 0 Å². The minimum absolute atomic E-state index is 0.0162. The van der Waals surface area contributed by atoms with E-state index in [-0.39, 0.29) is 34.0 Å². The zero-order valence-electron chi connectivity index (χ0n) is 24.9. The number of nitrogens with zero attached hydrogens (tertiary/aromatic N) is 3. The standard InChI is InChI=1S/C29H33N5O9S/c1-6-7-8-13-22(35)32-44(40,41)17-14-15-21(42-5)19(16-17)30-26(37)23(34-27(38)29(2,3)43-28(34)39)24-31-25(36)18-11-9-10-12-20(18)33(24)4/h9-12,14-16,23H,6-8,13H2,1-5H3,(H,30,37)(H,32,35). The van der Waals surface area contributed by atoms with Crippen LogP contribution in [0.5, 0.6) is 5.75 Å². The number of carbonyl (C=O) groups is 4. The zero-order chi connectivity index (χ0) is 32.4. The lowest BCUT2D eigenvalue weighted by molar-refractivity contribution is -0.139. The smallest absolute Gasteiger partial charge is 0.418 e. The number of rotatable bonds is 11. The van der Waals surface area contributed by atoms with Crippen molar-refractivity contribution < 1.29 is 37.1 Å². The van der Waals surface area contributed by atoms with Gasteiger partial charge < -0.3 is 19.4 Å². The van der Waals surface area contributed by atoms with Gasteiger partial charge in [-0.05, 0) is 50.6 Å². The monoisotopic (exact) mass is 627 g/mol. The van der Waals surface area contributed by atoms with Crippen LogP contribution < -0.4 is 20.3 Å². The molecule has 44 heavy (non-hydrogen) atoms. The van der Waals surface area contributed by atoms with Crippen molar-refractivity contribution in [2.75, 3.05) is 12.4 Å². The number of hydrogen-bond donors (Lipinski definition) is 2. The van der Waals surface area contributed by atoms with Gasteiger partial charge in [0.15, 0.2) is 11.6 Å². The maximum atomic E-state index is 14.0. The molecule has 1 aliphatic heterocycles. The summed E-state index contributed by atoms with van der Waals surface area (Å²) in [6.07, 6.45) is 1.00. The Hall–Kier alpha value is -4.79. The number of aromatic nitrogens is 2. The predicted molar refractivity (Wildman–Crippen MR) is 158 cm³/mol. The van der Waals surface area contributed by atoms with Crippen LogP contribution in [0.2, 0.25) is 0 Å². The molecular weight excluding hydrogens is 594 g/mol. The summed E-state index contributed by atoms with van der Waals surface area (Å²) in [7, 11) is -1.55. The fourth-order valence-corrected chi connectivity index (χ4v) is 5.80. The number of aryl methyl sites for hydroxylation is 1. The molecule has 2 heterocycles. The van der Waals surface area contributed by atoms with E-state index in [0.29, 0.717) is 16.8 Å². The number of sulfonamides is 1. The molecule has 3 aromatic rings. The average Bonchev–Trinajstić information content (AvgIpc) is 3.17. The highest BCUT2D eigenvalue weighted by Gasteiger charge is 2.53. The number of unbranched alkanes of at least 4 members (excludes halogenated alkanes) is 2. The number of para-hydroxylation sites is 1. The van der Waals surface area contributed by atoms with Crippen LogP contribution in [0.3, 0.4) is 0 Å². The third-order valence-electron chi connectivity index (χ3n) is 7.07. The predicted octanol–water partition coefficient (Wildman–Crippen LogP) is 2.76. The largest absolute Gasteiger partial charge is 0.495 e. The van der Waals surface area contributed by atoms with Gasteiger partial charge in [0.1, 0.15) is 11.6 Å². The summed E-state index contributed by atoms with van der Waals surface area (Å²) < 4.78 is 39.9. The van der Waals surface area contributed by atoms with Crippen molar-refractivity contribution in [3.63, 3.8) is 0 Å². The number of cyclic esters (lactones) is 1. The third-order valence-corrected chi connectivity index (χ3v) is 8.45. The van der Waals surface area contributed by atoms with E-state index in [4.69, 9.17) is 9.47 Å². The maximum absolute atomic E-state index is 14.0. The lowest BCUT2D eigenvalue weighted by Crippen LogP contribution is -2.45. The van der Waals surface area contributed by atoms with Gasteiger partial charge in [-0.3, -0.25) is 19.2 Å². The normalized spacial score (nSPS) is 15.2. The fourth-order valence-electron chi connectivity index (χ4n) is 4.76. The number of ether oxygens (including phenoxy) is 2. The van der Waals surface area contributed by atoms with E-state index in [2.05, 4.69) is 10.3 Å². The minimum Gasteiger partial charge on any atom is -0.495 e. The molecule has 0 aliphatic carbocycles. The summed E-state index contributed by atoms with van der Waals surface area (Å²) >= 11 is 0. The molecule has 0 bridgehead atoms. The topological polar surface area (TPSA) is 183 Å². The van der Waals surface area contributed by atoms with E-state index in [1.807, 2.05) is 11.6 Å². The van der Waals surface area contributed by atoms with E-state index in [9.17, 15) is 32.4 Å². The number of imide groups is 1. The molecule has 0 spiro atoms. The van der Waals surface area contributed by atoms with Crippen LogP contribution in [-0.4, -0.2) is 59.4 Å². The highest BCUT2D eigenvalue weighted by molar-refractivity contribution is 7.90. The van der Waals surface area contributed by atoms with Gasteiger partial charge in [0.25, 0.3) is 27.4 Å². The Kier molecular flexibility index (Phi) is 9.09. The van der Waals surface area contributed by atoms with Gasteiger partial charge in [-0.25, -0.2) is 22.8 Å². The van der Waals surface area contributed by atoms with E-state index in [1.54, 1.807) is 24.3 Å². The van der Waals surface area contributed by atoms with Gasteiger partial charge in [0.2, 0.25) is 5.91 Å². The van der Waals surface area contributed by atoms with Gasteiger partial charge in [0.05, 0.1) is 28.6 Å². The van der Waals surface area contributed by atoms with E-state index < -0.39 is 51.0 Å². The summed E-state index contributed by atoms with van der Waals surface area (Å²) in [6, 6.07) is 8.16. The summed E-state index contributed by atoms with van der Waals surface area (Å²) in [5, 5.41) is 2.75. The molecule has 1 saturated heterocycles. The van der Waals surface area contributed by atoms with Crippen LogP contribution in [0, 0.1) is 0 Å². The quantitative estimate of drug-likeness (QED) is 0.300. The van der Waals surface area contributed by atoms with Crippen LogP contribution in [0.4, 0.5) is 10.5 Å². The third kappa shape index (κ3) is 6.27. The molecule has 1 atom stereocenters. The summed E-state index contributed by atoms with van der Waals surface area (Å²) in [5.41, 5.74) is -2.10. The Bertz CT molecular complexity index is 1820. The highest BCUT2D eigenvalue weighted by atomic mass is 32.2. The maximum Gasteiger partial charge on any atom is 0.418 e. The molecule has 4 amide bonds. The molecule has 2 aromatic carbocycles. The van der Waals surface area contributed by atoms with Crippen molar-refractivity contribution >= 4 is 50.4 Å². The first-order valence-corrected chi connectivity index (χ1v) is 15.3. The molecule has 2 N–H and O–H groups in total. The summed E-state index contributed by atoms with van der Waals surface area (Å²) in [6.45, 7) is 4.65. The Morgan fingerprint density at radius 2 is 1.80 bits per heavy atom. The van der Waals surface area contributed by atoms with E-state index in [0.717, 1.165) is 18.9 Å². The molecule has 4 rings (SSSR count). The Labute approximate surface area is 253 Å². The number of amides is 4. The average molecular weight is 628 g/mol. The number of methoxy groups -OCH3 is 1. The van der Waals surface area contributed by atoms with Crippen molar-refractivity contribution in [1.29, 1.82) is 0 Å². The summed E-state index contributed by atoms with van der Waals surface area (Å²) in [4.78, 5) is 69.8. The zero-order valence-corrected chi connectivity index (χ0v) is 25.7. The second-order valence-electron chi connectivity index (χ2n) is 10.6. The first kappa shape index (κ1) is 32.1. The van der Waals surface area contributed by atoms with Crippen molar-refractivity contribution in [2.45, 2.75) is 63.0 Å². The van der Waals surface area contributed by atoms with Crippen LogP contribution in [0.15, 0.2) is 52.2 Å². The van der Waals surface area contributed by atoms with Crippen molar-refractivity contribution in [1.82, 2.24) is 19.2 Å². The van der Waals surface area contributed by atoms with Crippen molar-refractivity contribution in [2.24, 2.45) is 7.05 Å². The SMILES string of the molecule is CCCCCC(=O)NS(=O)(=O)c1ccc(OC)c(NC(=O)C(c2nc(=O)c3ccccc3n2C)N2C(=O)OC(C)(C)C2=O)c1. The van der Waals surface area contributed by atoms with Crippen LogP contribution in [0.25, 0.3) is 10.9 Å². The number of anilines is 1. The molecular formula is C29H33N5O9S. The first-order valence-electron chi connectivity index (χ1n) is 13.8. The molecule has 1 aromatic heterocycles. The van der Waals surface area contributed by atoms with E-state index >= 15 is 0 Å². The molecule has 0 saturated carbocycles. The number of fused-ring (bicyclic) bond motifs is 1. The molecule has 1 unspecified atom stereocenters. The second kappa shape index (κ2) is 12.4. The number of benzene rings is 2. The number of nitrogens with one attached hydrogen (secondary N) is 2. The fraction of sp³-hybridized carbons (Fsp3) is 0.379. The Morgan fingerprint density at radius 1 is 1.09 bits per heavy atom. The van der Waals surface area contributed by atoms with Gasteiger partial charge in [-0.2, -0.15) is 4.98 Å². The van der Waals surface area contributed by atoms with Crippen LogP contribution in [0.1, 0.15) is 58.3 Å². The number of carbonyl (C=O) groups excluding carboxylic acids is 4. The molecule has 234 valence electrons. The second-order valence-corrected chi connectivity index (χ2v) is 12.3. The van der Waals surface area contributed by atoms with Gasteiger partial charge in [0, 0.05) is 13.5 Å². The Balaban J connectivity index is 1.78. The van der Waals surface area contributed by atoms with Crippen molar-refractivity contribution in [3.05, 3.63) is 58.6 Å². The molecule has 1 aliphatic rings. The Morgan fingerprint density at radius 3 is 2.43 bits per heavy atom.